The van der Waals surface area contributed by atoms with Gasteiger partial charge in [0, 0.05) is 11.6 Å². The van der Waals surface area contributed by atoms with Crippen LogP contribution >= 0.6 is 11.6 Å². The summed E-state index contributed by atoms with van der Waals surface area (Å²) < 4.78 is 0. The third-order valence-corrected chi connectivity index (χ3v) is 2.72. The maximum Gasteiger partial charge on any atom is 0.141 e. The van der Waals surface area contributed by atoms with Crippen LogP contribution in [-0.4, -0.2) is 12.8 Å². The lowest BCUT2D eigenvalue weighted by Crippen LogP contribution is -2.30. The summed E-state index contributed by atoms with van der Waals surface area (Å²) in [5.41, 5.74) is 2.13. The summed E-state index contributed by atoms with van der Waals surface area (Å²) in [4.78, 5) is 10.7. The van der Waals surface area contributed by atoms with Crippen LogP contribution in [0.3, 0.4) is 0 Å². The average Bonchev–Trinajstić information content (AvgIpc) is 2.18. The lowest BCUT2D eigenvalue weighted by atomic mass is 9.95. The van der Waals surface area contributed by atoms with Gasteiger partial charge in [-0.3, -0.25) is 0 Å². The highest BCUT2D eigenvalue weighted by molar-refractivity contribution is 6.31. The smallest absolute Gasteiger partial charge is 0.141 e. The summed E-state index contributed by atoms with van der Waals surface area (Å²) in [7, 11) is 0. The summed E-state index contributed by atoms with van der Waals surface area (Å²) in [6, 6.07) is 5.52. The third kappa shape index (κ3) is 1.47. The largest absolute Gasteiger partial charge is 0.304 e. The number of aldehydes is 1. The van der Waals surface area contributed by atoms with E-state index < -0.39 is 0 Å². The van der Waals surface area contributed by atoms with Crippen LogP contribution in [0.1, 0.15) is 17.2 Å². The van der Waals surface area contributed by atoms with Crippen molar-refractivity contribution in [1.82, 2.24) is 5.32 Å². The van der Waals surface area contributed by atoms with E-state index in [9.17, 15) is 4.79 Å². The molecule has 0 aromatic heterocycles. The number of carbonyl (C=O) groups excluding carboxylic acids is 1. The molecule has 0 saturated heterocycles. The van der Waals surface area contributed by atoms with Crippen LogP contribution in [0.2, 0.25) is 5.02 Å². The Labute approximate surface area is 81.9 Å². The van der Waals surface area contributed by atoms with Crippen LogP contribution in [0.4, 0.5) is 0 Å². The summed E-state index contributed by atoms with van der Waals surface area (Å²) in [6.45, 7) is 0.820. The van der Waals surface area contributed by atoms with Crippen LogP contribution in [0.5, 0.6) is 0 Å². The first-order valence-corrected chi connectivity index (χ1v) is 4.66. The Morgan fingerprint density at radius 3 is 3.15 bits per heavy atom. The van der Waals surface area contributed by atoms with Gasteiger partial charge in [-0.2, -0.15) is 0 Å². The summed E-state index contributed by atoms with van der Waals surface area (Å²) in [6.07, 6.45) is 1.83. The molecule has 3 heteroatoms. The van der Waals surface area contributed by atoms with Crippen molar-refractivity contribution in [3.63, 3.8) is 0 Å². The van der Waals surface area contributed by atoms with Crippen molar-refractivity contribution < 1.29 is 4.79 Å². The average molecular weight is 196 g/mol. The molecule has 2 rings (SSSR count). The van der Waals surface area contributed by atoms with Gasteiger partial charge in [0.15, 0.2) is 0 Å². The maximum atomic E-state index is 10.7. The quantitative estimate of drug-likeness (QED) is 0.692. The second kappa shape index (κ2) is 3.48. The molecule has 0 spiro atoms. The standard InChI is InChI=1S/C10H10ClNO/c11-9-3-1-2-8-7(9)4-5-12-10(8)6-13/h1-3,6,10,12H,4-5H2. The van der Waals surface area contributed by atoms with Crippen LogP contribution in [0.15, 0.2) is 18.2 Å². The van der Waals surface area contributed by atoms with Gasteiger partial charge in [0.1, 0.15) is 6.29 Å². The molecule has 0 radical (unpaired) electrons. The zero-order chi connectivity index (χ0) is 9.26. The molecule has 1 N–H and O–H groups in total. The monoisotopic (exact) mass is 195 g/mol. The number of hydrogen-bond donors (Lipinski definition) is 1. The third-order valence-electron chi connectivity index (χ3n) is 2.37. The highest BCUT2D eigenvalue weighted by Gasteiger charge is 2.19. The van der Waals surface area contributed by atoms with Gasteiger partial charge in [-0.05, 0) is 23.6 Å². The van der Waals surface area contributed by atoms with Crippen LogP contribution in [0, 0.1) is 0 Å². The fourth-order valence-electron chi connectivity index (χ4n) is 1.71. The fraction of sp³-hybridized carbons (Fsp3) is 0.300. The Kier molecular flexibility index (Phi) is 2.34. The van der Waals surface area contributed by atoms with Crippen molar-refractivity contribution >= 4 is 17.9 Å². The second-order valence-electron chi connectivity index (χ2n) is 3.13. The number of nitrogens with one attached hydrogen (secondary N) is 1. The van der Waals surface area contributed by atoms with Crippen molar-refractivity contribution in [2.75, 3.05) is 6.54 Å². The molecular formula is C10H10ClNO. The highest BCUT2D eigenvalue weighted by atomic mass is 35.5. The SMILES string of the molecule is O=CC1NCCc2c(Cl)cccc21. The molecule has 13 heavy (non-hydrogen) atoms. The van der Waals surface area contributed by atoms with E-state index in [1.807, 2.05) is 18.2 Å². The first kappa shape index (κ1) is 8.73. The van der Waals surface area contributed by atoms with Gasteiger partial charge >= 0.3 is 0 Å². The van der Waals surface area contributed by atoms with Crippen LogP contribution < -0.4 is 5.32 Å². The van der Waals surface area contributed by atoms with E-state index in [4.69, 9.17) is 11.6 Å². The molecule has 0 saturated carbocycles. The number of rotatable bonds is 1. The van der Waals surface area contributed by atoms with Crippen molar-refractivity contribution in [1.29, 1.82) is 0 Å². The molecule has 1 aliphatic heterocycles. The first-order valence-electron chi connectivity index (χ1n) is 4.29. The van der Waals surface area contributed by atoms with Crippen LogP contribution in [-0.2, 0) is 11.2 Å². The van der Waals surface area contributed by atoms with E-state index in [1.54, 1.807) is 0 Å². The van der Waals surface area contributed by atoms with Gasteiger partial charge in [0.2, 0.25) is 0 Å². The minimum absolute atomic E-state index is 0.178. The molecule has 0 fully saturated rings. The van der Waals surface area contributed by atoms with E-state index >= 15 is 0 Å². The fourth-order valence-corrected chi connectivity index (χ4v) is 1.99. The molecule has 1 heterocycles. The maximum absolute atomic E-state index is 10.7. The topological polar surface area (TPSA) is 29.1 Å². The van der Waals surface area contributed by atoms with Crippen LogP contribution in [0.25, 0.3) is 0 Å². The predicted octanol–water partition coefficient (Wildman–Crippen LogP) is 1.73. The molecule has 0 amide bonds. The summed E-state index contributed by atoms with van der Waals surface area (Å²) in [5, 5.41) is 3.89. The van der Waals surface area contributed by atoms with E-state index in [0.717, 1.165) is 35.4 Å². The Bertz CT molecular complexity index is 338. The normalized spacial score (nSPS) is 20.8. The van der Waals surface area contributed by atoms with E-state index in [2.05, 4.69) is 5.32 Å². The van der Waals surface area contributed by atoms with Crippen molar-refractivity contribution in [3.05, 3.63) is 34.3 Å². The summed E-state index contributed by atoms with van der Waals surface area (Å²) in [5.74, 6) is 0. The van der Waals surface area contributed by atoms with Gasteiger partial charge in [-0.25, -0.2) is 0 Å². The van der Waals surface area contributed by atoms with Crippen molar-refractivity contribution in [2.24, 2.45) is 0 Å². The van der Waals surface area contributed by atoms with Crippen molar-refractivity contribution in [2.45, 2.75) is 12.5 Å². The second-order valence-corrected chi connectivity index (χ2v) is 3.53. The van der Waals surface area contributed by atoms with Gasteiger partial charge in [-0.15, -0.1) is 0 Å². The van der Waals surface area contributed by atoms with E-state index in [-0.39, 0.29) is 6.04 Å². The molecular weight excluding hydrogens is 186 g/mol. The van der Waals surface area contributed by atoms with Gasteiger partial charge in [0.25, 0.3) is 0 Å². The molecule has 2 nitrogen and oxygen atoms in total. The number of benzene rings is 1. The predicted molar refractivity (Wildman–Crippen MR) is 52.0 cm³/mol. The molecule has 1 aromatic rings. The Balaban J connectivity index is 2.51. The van der Waals surface area contributed by atoms with E-state index in [1.165, 1.54) is 0 Å². The minimum atomic E-state index is -0.178. The first-order chi connectivity index (χ1) is 6.33. The minimum Gasteiger partial charge on any atom is -0.304 e. The number of fused-ring (bicyclic) bond motifs is 1. The summed E-state index contributed by atoms with van der Waals surface area (Å²) >= 11 is 6.02. The lowest BCUT2D eigenvalue weighted by Gasteiger charge is -2.23. The Hall–Kier alpha value is -0.860. The lowest BCUT2D eigenvalue weighted by molar-refractivity contribution is -0.109. The molecule has 0 aliphatic carbocycles. The van der Waals surface area contributed by atoms with Gasteiger partial charge < -0.3 is 10.1 Å². The highest BCUT2D eigenvalue weighted by Crippen LogP contribution is 2.27. The molecule has 0 bridgehead atoms. The molecule has 68 valence electrons. The zero-order valence-corrected chi connectivity index (χ0v) is 7.84. The van der Waals surface area contributed by atoms with Gasteiger partial charge in [0.05, 0.1) is 6.04 Å². The number of halogens is 1. The Morgan fingerprint density at radius 2 is 2.38 bits per heavy atom. The zero-order valence-electron chi connectivity index (χ0n) is 7.09. The molecule has 1 aliphatic rings. The van der Waals surface area contributed by atoms with E-state index in [0.29, 0.717) is 0 Å². The molecule has 1 atom stereocenters. The van der Waals surface area contributed by atoms with Gasteiger partial charge in [-0.1, -0.05) is 23.7 Å². The van der Waals surface area contributed by atoms with Crippen molar-refractivity contribution in [3.8, 4) is 0 Å². The molecule has 1 unspecified atom stereocenters. The molecule has 1 aromatic carbocycles. The Morgan fingerprint density at radius 1 is 1.54 bits per heavy atom. The number of carbonyl (C=O) groups is 1. The number of hydrogen-bond acceptors (Lipinski definition) is 2.